The second kappa shape index (κ2) is 12.1. The molecule has 1 amide bonds. The van der Waals surface area contributed by atoms with Crippen LogP contribution in [0.5, 0.6) is 5.75 Å². The Balaban J connectivity index is 1.88. The molecule has 0 saturated carbocycles. The van der Waals surface area contributed by atoms with Gasteiger partial charge in [-0.2, -0.15) is 0 Å². The van der Waals surface area contributed by atoms with Crippen molar-refractivity contribution in [3.8, 4) is 5.75 Å². The molecule has 2 N–H and O–H groups in total. The minimum Gasteiger partial charge on any atom is -0.487 e. The van der Waals surface area contributed by atoms with Gasteiger partial charge in [-0.3, -0.25) is 5.43 Å². The van der Waals surface area contributed by atoms with E-state index in [-0.39, 0.29) is 6.61 Å². The standard InChI is InChI=1S/C28H34N2O4/c1-28(2,3)34-27(32)30(20-23-11-6-4-7-12-23)29-25-19-22(15-10-18-31)16-17-26(25)33-21-24-13-8-5-9-14-24/h4-9,11-14,16-17,19,29,31H,10,15,18,20-21H2,1-3H3. The third kappa shape index (κ3) is 8.12. The first-order chi connectivity index (χ1) is 16.3. The fourth-order valence-electron chi connectivity index (χ4n) is 3.34. The molecule has 0 aliphatic carbocycles. The number of hydrogen-bond acceptors (Lipinski definition) is 5. The lowest BCUT2D eigenvalue weighted by molar-refractivity contribution is 0.0282. The molecule has 6 heteroatoms. The van der Waals surface area contributed by atoms with Crippen molar-refractivity contribution >= 4 is 11.8 Å². The smallest absolute Gasteiger partial charge is 0.429 e. The van der Waals surface area contributed by atoms with Crippen molar-refractivity contribution in [3.63, 3.8) is 0 Å². The number of nitrogens with zero attached hydrogens (tertiary/aromatic N) is 1. The summed E-state index contributed by atoms with van der Waals surface area (Å²) >= 11 is 0. The number of aliphatic hydroxyl groups is 1. The molecule has 34 heavy (non-hydrogen) atoms. The summed E-state index contributed by atoms with van der Waals surface area (Å²) in [5.41, 5.74) is 6.31. The third-order valence-electron chi connectivity index (χ3n) is 4.96. The molecule has 0 aromatic heterocycles. The topological polar surface area (TPSA) is 71.0 Å². The molecule has 6 nitrogen and oxygen atoms in total. The van der Waals surface area contributed by atoms with Gasteiger partial charge in [-0.25, -0.2) is 9.80 Å². The summed E-state index contributed by atoms with van der Waals surface area (Å²) in [5, 5.41) is 10.7. The van der Waals surface area contributed by atoms with E-state index in [0.717, 1.165) is 23.1 Å². The van der Waals surface area contributed by atoms with Gasteiger partial charge < -0.3 is 14.6 Å². The number of rotatable bonds is 10. The number of carbonyl (C=O) groups excluding carboxylic acids is 1. The Labute approximate surface area is 202 Å². The molecule has 3 aromatic rings. The number of carbonyl (C=O) groups is 1. The minimum absolute atomic E-state index is 0.118. The summed E-state index contributed by atoms with van der Waals surface area (Å²) in [5.74, 6) is 0.623. The zero-order valence-electron chi connectivity index (χ0n) is 20.2. The van der Waals surface area contributed by atoms with E-state index in [2.05, 4.69) is 5.43 Å². The van der Waals surface area contributed by atoms with Crippen LogP contribution in [0.15, 0.2) is 78.9 Å². The first-order valence-electron chi connectivity index (χ1n) is 11.6. The first-order valence-corrected chi connectivity index (χ1v) is 11.6. The molecule has 0 atom stereocenters. The number of ether oxygens (including phenoxy) is 2. The second-order valence-electron chi connectivity index (χ2n) is 9.10. The number of aryl methyl sites for hydroxylation is 1. The summed E-state index contributed by atoms with van der Waals surface area (Å²) in [7, 11) is 0. The molecule has 0 aliphatic heterocycles. The number of aliphatic hydroxyl groups excluding tert-OH is 1. The molecule has 0 aliphatic rings. The van der Waals surface area contributed by atoms with E-state index >= 15 is 0 Å². The second-order valence-corrected chi connectivity index (χ2v) is 9.10. The monoisotopic (exact) mass is 462 g/mol. The molecule has 0 saturated heterocycles. The fraction of sp³-hybridized carbons (Fsp3) is 0.321. The molecule has 3 rings (SSSR count). The van der Waals surface area contributed by atoms with Crippen molar-refractivity contribution in [3.05, 3.63) is 95.6 Å². The van der Waals surface area contributed by atoms with Crippen LogP contribution in [0.25, 0.3) is 0 Å². The van der Waals surface area contributed by atoms with Crippen LogP contribution in [0.4, 0.5) is 10.5 Å². The van der Waals surface area contributed by atoms with Gasteiger partial charge in [0.2, 0.25) is 0 Å². The van der Waals surface area contributed by atoms with Crippen LogP contribution in [0.3, 0.4) is 0 Å². The summed E-state index contributed by atoms with van der Waals surface area (Å²) in [6.45, 7) is 6.36. The third-order valence-corrected chi connectivity index (χ3v) is 4.96. The number of amides is 1. The Kier molecular flexibility index (Phi) is 8.93. The molecular weight excluding hydrogens is 428 g/mol. The van der Waals surface area contributed by atoms with Gasteiger partial charge in [0.05, 0.1) is 12.2 Å². The summed E-state index contributed by atoms with van der Waals surface area (Å²) in [4.78, 5) is 13.1. The Hall–Kier alpha value is -3.51. The van der Waals surface area contributed by atoms with Crippen molar-refractivity contribution in [1.29, 1.82) is 0 Å². The lowest BCUT2D eigenvalue weighted by Gasteiger charge is -2.29. The Bertz CT molecular complexity index is 1030. The van der Waals surface area contributed by atoms with E-state index in [9.17, 15) is 9.90 Å². The highest BCUT2D eigenvalue weighted by Crippen LogP contribution is 2.29. The predicted octanol–water partition coefficient (Wildman–Crippen LogP) is 5.95. The lowest BCUT2D eigenvalue weighted by atomic mass is 10.1. The number of hydrogen-bond donors (Lipinski definition) is 2. The normalized spacial score (nSPS) is 11.1. The fourth-order valence-corrected chi connectivity index (χ4v) is 3.34. The zero-order chi connectivity index (χ0) is 24.4. The van der Waals surface area contributed by atoms with E-state index in [1.54, 1.807) is 0 Å². The van der Waals surface area contributed by atoms with Crippen molar-refractivity contribution in [2.75, 3.05) is 12.0 Å². The number of hydrazine groups is 1. The summed E-state index contributed by atoms with van der Waals surface area (Å²) < 4.78 is 11.8. The van der Waals surface area contributed by atoms with Crippen LogP contribution >= 0.6 is 0 Å². The molecule has 0 spiro atoms. The van der Waals surface area contributed by atoms with Crippen molar-refractivity contribution in [2.24, 2.45) is 0 Å². The van der Waals surface area contributed by atoms with Gasteiger partial charge in [-0.05, 0) is 62.4 Å². The van der Waals surface area contributed by atoms with E-state index in [1.165, 1.54) is 5.01 Å². The molecule has 0 heterocycles. The van der Waals surface area contributed by atoms with Gasteiger partial charge in [-0.15, -0.1) is 0 Å². The maximum absolute atomic E-state index is 13.1. The highest BCUT2D eigenvalue weighted by molar-refractivity contribution is 5.71. The molecular formula is C28H34N2O4. The van der Waals surface area contributed by atoms with Crippen LogP contribution in [-0.4, -0.2) is 28.4 Å². The maximum Gasteiger partial charge on any atom is 0.429 e. The Morgan fingerprint density at radius 3 is 2.18 bits per heavy atom. The number of nitrogens with one attached hydrogen (secondary N) is 1. The Morgan fingerprint density at radius 1 is 0.912 bits per heavy atom. The van der Waals surface area contributed by atoms with Crippen LogP contribution in [0.2, 0.25) is 0 Å². The van der Waals surface area contributed by atoms with Gasteiger partial charge in [-0.1, -0.05) is 66.7 Å². The minimum atomic E-state index is -0.636. The van der Waals surface area contributed by atoms with Crippen LogP contribution in [-0.2, 0) is 24.3 Å². The van der Waals surface area contributed by atoms with Gasteiger partial charge in [0.1, 0.15) is 18.0 Å². The number of anilines is 1. The zero-order valence-corrected chi connectivity index (χ0v) is 20.2. The molecule has 180 valence electrons. The van der Waals surface area contributed by atoms with Crippen LogP contribution in [0.1, 0.15) is 43.9 Å². The largest absolute Gasteiger partial charge is 0.487 e. The van der Waals surface area contributed by atoms with Crippen LogP contribution in [0, 0.1) is 0 Å². The molecule has 0 bridgehead atoms. The molecule has 0 unspecified atom stereocenters. The van der Waals surface area contributed by atoms with E-state index in [4.69, 9.17) is 9.47 Å². The summed E-state index contributed by atoms with van der Waals surface area (Å²) in [6.07, 6.45) is 0.893. The van der Waals surface area contributed by atoms with Gasteiger partial charge in [0.25, 0.3) is 0 Å². The number of benzene rings is 3. The molecule has 3 aromatic carbocycles. The summed E-state index contributed by atoms with van der Waals surface area (Å²) in [6, 6.07) is 25.5. The molecule has 0 fully saturated rings. The van der Waals surface area contributed by atoms with Crippen molar-refractivity contribution < 1.29 is 19.4 Å². The first kappa shape index (κ1) is 25.1. The van der Waals surface area contributed by atoms with E-state index in [0.29, 0.717) is 31.0 Å². The van der Waals surface area contributed by atoms with Gasteiger partial charge in [0.15, 0.2) is 0 Å². The van der Waals surface area contributed by atoms with Gasteiger partial charge >= 0.3 is 6.09 Å². The highest BCUT2D eigenvalue weighted by Gasteiger charge is 2.23. The molecule has 0 radical (unpaired) electrons. The Morgan fingerprint density at radius 2 is 1.56 bits per heavy atom. The van der Waals surface area contributed by atoms with Crippen molar-refractivity contribution in [2.45, 2.75) is 52.4 Å². The quantitative estimate of drug-likeness (QED) is 0.364. The lowest BCUT2D eigenvalue weighted by Crippen LogP contribution is -2.40. The van der Waals surface area contributed by atoms with E-state index in [1.807, 2.05) is 99.6 Å². The average Bonchev–Trinajstić information content (AvgIpc) is 2.82. The predicted molar refractivity (Wildman–Crippen MR) is 134 cm³/mol. The van der Waals surface area contributed by atoms with E-state index < -0.39 is 11.7 Å². The van der Waals surface area contributed by atoms with Gasteiger partial charge in [0, 0.05) is 6.61 Å². The maximum atomic E-state index is 13.1. The SMILES string of the molecule is CC(C)(C)OC(=O)N(Cc1ccccc1)Nc1cc(CCCO)ccc1OCc1ccccc1. The van der Waals surface area contributed by atoms with Crippen LogP contribution < -0.4 is 10.2 Å². The average molecular weight is 463 g/mol. The highest BCUT2D eigenvalue weighted by atomic mass is 16.6. The van der Waals surface area contributed by atoms with Crippen molar-refractivity contribution in [1.82, 2.24) is 5.01 Å².